The van der Waals surface area contributed by atoms with Gasteiger partial charge in [0.05, 0.1) is 0 Å². The van der Waals surface area contributed by atoms with E-state index in [0.29, 0.717) is 29.4 Å². The Bertz CT molecular complexity index is 574. The van der Waals surface area contributed by atoms with Crippen molar-refractivity contribution in [3.63, 3.8) is 0 Å². The molecule has 0 amide bonds. The molecular formula is C15H21N5O. The maximum Gasteiger partial charge on any atom is 0.240 e. The molecule has 2 unspecified atom stereocenters. The van der Waals surface area contributed by atoms with Gasteiger partial charge < -0.3 is 9.84 Å². The standard InChI is InChI=1S/C15H21N5O/c1-10-7-17-14(18-8-10)15-19-13(21-20-15)6-11(2)12-4-3-5-16-9-12/h7-8,11-12,16H,3-6,9H2,1-2H3. The second-order valence-electron chi connectivity index (χ2n) is 5.88. The molecule has 0 aliphatic carbocycles. The highest BCUT2D eigenvalue weighted by Gasteiger charge is 2.22. The first kappa shape index (κ1) is 14.1. The minimum atomic E-state index is 0.471. The van der Waals surface area contributed by atoms with Gasteiger partial charge in [0.15, 0.2) is 0 Å². The molecule has 0 saturated carbocycles. The Morgan fingerprint density at radius 1 is 1.33 bits per heavy atom. The topological polar surface area (TPSA) is 76.7 Å². The van der Waals surface area contributed by atoms with Crippen molar-refractivity contribution < 1.29 is 4.52 Å². The molecule has 2 aromatic rings. The quantitative estimate of drug-likeness (QED) is 0.927. The predicted octanol–water partition coefficient (Wildman–Crippen LogP) is 2.01. The number of hydrogen-bond acceptors (Lipinski definition) is 6. The van der Waals surface area contributed by atoms with Crippen molar-refractivity contribution in [3.8, 4) is 11.6 Å². The van der Waals surface area contributed by atoms with E-state index in [4.69, 9.17) is 4.52 Å². The Morgan fingerprint density at radius 3 is 2.86 bits per heavy atom. The van der Waals surface area contributed by atoms with Crippen LogP contribution >= 0.6 is 0 Å². The van der Waals surface area contributed by atoms with Crippen LogP contribution in [-0.4, -0.2) is 33.2 Å². The first-order valence-electron chi connectivity index (χ1n) is 7.54. The van der Waals surface area contributed by atoms with Gasteiger partial charge in [0.2, 0.25) is 17.5 Å². The number of nitrogens with zero attached hydrogens (tertiary/aromatic N) is 4. The summed E-state index contributed by atoms with van der Waals surface area (Å²) >= 11 is 0. The second-order valence-corrected chi connectivity index (χ2v) is 5.88. The van der Waals surface area contributed by atoms with Crippen molar-refractivity contribution in [1.29, 1.82) is 0 Å². The normalized spacial score (nSPS) is 20.4. The average Bonchev–Trinajstić information content (AvgIpc) is 2.97. The number of aromatic nitrogens is 4. The van der Waals surface area contributed by atoms with Crippen LogP contribution in [-0.2, 0) is 6.42 Å². The fourth-order valence-electron chi connectivity index (χ4n) is 2.74. The molecule has 1 fully saturated rings. The van der Waals surface area contributed by atoms with Crippen molar-refractivity contribution in [2.75, 3.05) is 13.1 Å². The van der Waals surface area contributed by atoms with E-state index in [1.54, 1.807) is 12.4 Å². The molecule has 1 N–H and O–H groups in total. The van der Waals surface area contributed by atoms with Crippen LogP contribution in [0.5, 0.6) is 0 Å². The van der Waals surface area contributed by atoms with Gasteiger partial charge in [0.1, 0.15) is 0 Å². The highest BCUT2D eigenvalue weighted by molar-refractivity contribution is 5.40. The third kappa shape index (κ3) is 3.44. The summed E-state index contributed by atoms with van der Waals surface area (Å²) in [6.45, 7) is 6.43. The Labute approximate surface area is 124 Å². The Hall–Kier alpha value is -1.82. The van der Waals surface area contributed by atoms with Crippen LogP contribution in [0.1, 0.15) is 31.2 Å². The summed E-state index contributed by atoms with van der Waals surface area (Å²) in [5.74, 6) is 2.88. The molecule has 112 valence electrons. The molecule has 3 heterocycles. The summed E-state index contributed by atoms with van der Waals surface area (Å²) in [7, 11) is 0. The van der Waals surface area contributed by atoms with Gasteiger partial charge in [-0.15, -0.1) is 0 Å². The van der Waals surface area contributed by atoms with Crippen LogP contribution in [0, 0.1) is 18.8 Å². The molecule has 0 spiro atoms. The fourth-order valence-corrected chi connectivity index (χ4v) is 2.74. The SMILES string of the molecule is Cc1cnc(-c2noc(CC(C)C3CCCNC3)n2)nc1. The summed E-state index contributed by atoms with van der Waals surface area (Å²) in [6, 6.07) is 0. The molecule has 6 nitrogen and oxygen atoms in total. The number of aryl methyl sites for hydroxylation is 1. The molecule has 6 heteroatoms. The Kier molecular flexibility index (Phi) is 4.24. The largest absolute Gasteiger partial charge is 0.339 e. The van der Waals surface area contributed by atoms with Gasteiger partial charge in [0.25, 0.3) is 0 Å². The monoisotopic (exact) mass is 287 g/mol. The Morgan fingerprint density at radius 2 is 2.14 bits per heavy atom. The van der Waals surface area contributed by atoms with Crippen molar-refractivity contribution in [2.24, 2.45) is 11.8 Å². The lowest BCUT2D eigenvalue weighted by Crippen LogP contribution is -2.33. The van der Waals surface area contributed by atoms with E-state index in [1.807, 2.05) is 6.92 Å². The molecule has 0 bridgehead atoms. The molecule has 2 atom stereocenters. The zero-order chi connectivity index (χ0) is 14.7. The molecule has 1 aliphatic rings. The van der Waals surface area contributed by atoms with Gasteiger partial charge in [-0.25, -0.2) is 9.97 Å². The van der Waals surface area contributed by atoms with Gasteiger partial charge in [-0.2, -0.15) is 4.98 Å². The zero-order valence-electron chi connectivity index (χ0n) is 12.5. The van der Waals surface area contributed by atoms with Gasteiger partial charge in [0, 0.05) is 18.8 Å². The average molecular weight is 287 g/mol. The number of nitrogens with one attached hydrogen (secondary N) is 1. The molecular weight excluding hydrogens is 266 g/mol. The van der Waals surface area contributed by atoms with Gasteiger partial charge in [-0.3, -0.25) is 0 Å². The van der Waals surface area contributed by atoms with Crippen molar-refractivity contribution >= 4 is 0 Å². The van der Waals surface area contributed by atoms with Crippen molar-refractivity contribution in [1.82, 2.24) is 25.4 Å². The predicted molar refractivity (Wildman–Crippen MR) is 78.5 cm³/mol. The lowest BCUT2D eigenvalue weighted by molar-refractivity contribution is 0.257. The van der Waals surface area contributed by atoms with Crippen molar-refractivity contribution in [2.45, 2.75) is 33.1 Å². The minimum absolute atomic E-state index is 0.471. The summed E-state index contributed by atoms with van der Waals surface area (Å²) in [5.41, 5.74) is 1.01. The van der Waals surface area contributed by atoms with Crippen LogP contribution in [0.25, 0.3) is 11.6 Å². The van der Waals surface area contributed by atoms with Gasteiger partial charge in [-0.05, 0) is 50.3 Å². The van der Waals surface area contributed by atoms with Crippen molar-refractivity contribution in [3.05, 3.63) is 23.8 Å². The highest BCUT2D eigenvalue weighted by Crippen LogP contribution is 2.23. The fraction of sp³-hybridized carbons (Fsp3) is 0.600. The number of hydrogen-bond donors (Lipinski definition) is 1. The van der Waals surface area contributed by atoms with E-state index in [1.165, 1.54) is 12.8 Å². The highest BCUT2D eigenvalue weighted by atomic mass is 16.5. The summed E-state index contributed by atoms with van der Waals surface area (Å²) in [5, 5.41) is 7.44. The van der Waals surface area contributed by atoms with Gasteiger partial charge >= 0.3 is 0 Å². The maximum absolute atomic E-state index is 5.35. The molecule has 3 rings (SSSR count). The number of rotatable bonds is 4. The van der Waals surface area contributed by atoms with Crippen LogP contribution in [0.2, 0.25) is 0 Å². The van der Waals surface area contributed by atoms with E-state index in [0.717, 1.165) is 25.1 Å². The first-order chi connectivity index (χ1) is 10.2. The second kappa shape index (κ2) is 6.30. The summed E-state index contributed by atoms with van der Waals surface area (Å²) in [4.78, 5) is 12.9. The first-order valence-corrected chi connectivity index (χ1v) is 7.54. The third-order valence-electron chi connectivity index (χ3n) is 4.09. The molecule has 0 aromatic carbocycles. The lowest BCUT2D eigenvalue weighted by atomic mass is 9.85. The number of piperidine rings is 1. The molecule has 0 radical (unpaired) electrons. The van der Waals surface area contributed by atoms with E-state index in [-0.39, 0.29) is 0 Å². The maximum atomic E-state index is 5.35. The van der Waals surface area contributed by atoms with E-state index < -0.39 is 0 Å². The van der Waals surface area contributed by atoms with E-state index in [9.17, 15) is 0 Å². The zero-order valence-corrected chi connectivity index (χ0v) is 12.5. The van der Waals surface area contributed by atoms with Crippen LogP contribution in [0.15, 0.2) is 16.9 Å². The molecule has 1 saturated heterocycles. The third-order valence-corrected chi connectivity index (χ3v) is 4.09. The molecule has 1 aliphatic heterocycles. The van der Waals surface area contributed by atoms with Crippen LogP contribution in [0.3, 0.4) is 0 Å². The van der Waals surface area contributed by atoms with Crippen LogP contribution in [0.4, 0.5) is 0 Å². The lowest BCUT2D eigenvalue weighted by Gasteiger charge is -2.27. The minimum Gasteiger partial charge on any atom is -0.339 e. The summed E-state index contributed by atoms with van der Waals surface area (Å²) < 4.78 is 5.35. The van der Waals surface area contributed by atoms with E-state index >= 15 is 0 Å². The summed E-state index contributed by atoms with van der Waals surface area (Å²) in [6.07, 6.45) is 6.85. The Balaban J connectivity index is 1.65. The smallest absolute Gasteiger partial charge is 0.240 e. The molecule has 2 aromatic heterocycles. The van der Waals surface area contributed by atoms with E-state index in [2.05, 4.69) is 32.3 Å². The van der Waals surface area contributed by atoms with Gasteiger partial charge in [-0.1, -0.05) is 12.1 Å². The van der Waals surface area contributed by atoms with Crippen LogP contribution < -0.4 is 5.32 Å². The molecule has 21 heavy (non-hydrogen) atoms.